The minimum absolute atomic E-state index is 0.979. The number of aromatic amines is 1. The van der Waals surface area contributed by atoms with E-state index < -0.39 is 0 Å². The Kier molecular flexibility index (Phi) is 3.09. The van der Waals surface area contributed by atoms with Crippen molar-refractivity contribution in [2.24, 2.45) is 5.10 Å². The van der Waals surface area contributed by atoms with Crippen molar-refractivity contribution in [1.82, 2.24) is 4.98 Å². The predicted octanol–water partition coefficient (Wildman–Crippen LogP) is 4.77. The second-order valence-electron chi connectivity index (χ2n) is 5.21. The average molecular weight is 285 g/mol. The number of nitrogens with one attached hydrogen (secondary N) is 2. The molecule has 0 fully saturated rings. The molecule has 0 bridgehead atoms. The van der Waals surface area contributed by atoms with Crippen molar-refractivity contribution in [3.8, 4) is 0 Å². The topological polar surface area (TPSA) is 40.2 Å². The molecule has 106 valence electrons. The number of H-pyrrole nitrogens is 1. The van der Waals surface area contributed by atoms with Gasteiger partial charge in [-0.1, -0.05) is 42.5 Å². The third kappa shape index (κ3) is 2.33. The maximum atomic E-state index is 4.30. The fourth-order valence-electron chi connectivity index (χ4n) is 2.64. The molecule has 4 aromatic rings. The first-order valence-electron chi connectivity index (χ1n) is 7.25. The number of para-hydroxylation sites is 2. The molecular formula is C19H15N3. The summed E-state index contributed by atoms with van der Waals surface area (Å²) in [5.41, 5.74) is 7.39. The molecule has 3 nitrogen and oxygen atoms in total. The first-order valence-corrected chi connectivity index (χ1v) is 7.25. The molecule has 0 aliphatic heterocycles. The van der Waals surface area contributed by atoms with Crippen LogP contribution >= 0.6 is 0 Å². The van der Waals surface area contributed by atoms with Crippen molar-refractivity contribution in [3.63, 3.8) is 0 Å². The Bertz CT molecular complexity index is 952. The van der Waals surface area contributed by atoms with Crippen LogP contribution in [0, 0.1) is 0 Å². The molecule has 0 aliphatic rings. The third-order valence-electron chi connectivity index (χ3n) is 3.71. The van der Waals surface area contributed by atoms with Gasteiger partial charge in [0.2, 0.25) is 0 Å². The fourth-order valence-corrected chi connectivity index (χ4v) is 2.64. The molecule has 0 saturated heterocycles. The highest BCUT2D eigenvalue weighted by Gasteiger charge is 2.03. The van der Waals surface area contributed by atoms with E-state index in [0.717, 1.165) is 22.3 Å². The van der Waals surface area contributed by atoms with E-state index in [4.69, 9.17) is 0 Å². The maximum Gasteiger partial charge on any atom is 0.0561 e. The lowest BCUT2D eigenvalue weighted by molar-refractivity contribution is 1.35. The lowest BCUT2D eigenvalue weighted by Crippen LogP contribution is -1.89. The van der Waals surface area contributed by atoms with Crippen LogP contribution in [0.1, 0.15) is 5.56 Å². The number of hydrogen-bond donors (Lipinski definition) is 2. The van der Waals surface area contributed by atoms with Crippen molar-refractivity contribution in [2.45, 2.75) is 0 Å². The van der Waals surface area contributed by atoms with E-state index in [-0.39, 0.29) is 0 Å². The number of fused-ring (bicyclic) bond motifs is 3. The normalized spacial score (nSPS) is 11.5. The van der Waals surface area contributed by atoms with Crippen molar-refractivity contribution in [2.75, 3.05) is 5.43 Å². The van der Waals surface area contributed by atoms with Gasteiger partial charge >= 0.3 is 0 Å². The van der Waals surface area contributed by atoms with Gasteiger partial charge in [0.25, 0.3) is 0 Å². The van der Waals surface area contributed by atoms with Crippen LogP contribution in [0.5, 0.6) is 0 Å². The SMILES string of the molecule is C(=NNc1ccccc1)c1ccc2[nH]c3ccccc3c2c1. The molecule has 4 rings (SSSR count). The Labute approximate surface area is 128 Å². The van der Waals surface area contributed by atoms with Crippen molar-refractivity contribution >= 4 is 33.7 Å². The van der Waals surface area contributed by atoms with Crippen molar-refractivity contribution in [3.05, 3.63) is 78.4 Å². The second-order valence-corrected chi connectivity index (χ2v) is 5.21. The highest BCUT2D eigenvalue weighted by atomic mass is 15.3. The van der Waals surface area contributed by atoms with E-state index in [1.54, 1.807) is 0 Å². The lowest BCUT2D eigenvalue weighted by atomic mass is 10.1. The molecule has 0 spiro atoms. The Hall–Kier alpha value is -3.07. The van der Waals surface area contributed by atoms with E-state index in [9.17, 15) is 0 Å². The number of hydrogen-bond acceptors (Lipinski definition) is 2. The highest BCUT2D eigenvalue weighted by Crippen LogP contribution is 2.25. The summed E-state index contributed by atoms with van der Waals surface area (Å²) < 4.78 is 0. The summed E-state index contributed by atoms with van der Waals surface area (Å²) in [6.45, 7) is 0. The molecule has 0 aliphatic carbocycles. The van der Waals surface area contributed by atoms with Crippen LogP contribution in [-0.4, -0.2) is 11.2 Å². The van der Waals surface area contributed by atoms with E-state index in [0.29, 0.717) is 0 Å². The van der Waals surface area contributed by atoms with Gasteiger partial charge in [-0.15, -0.1) is 0 Å². The number of rotatable bonds is 3. The molecule has 0 saturated carbocycles. The average Bonchev–Trinajstić information content (AvgIpc) is 2.94. The molecule has 1 heterocycles. The molecule has 0 unspecified atom stereocenters. The van der Waals surface area contributed by atoms with Crippen LogP contribution in [0.4, 0.5) is 5.69 Å². The summed E-state index contributed by atoms with van der Waals surface area (Å²) in [5, 5.41) is 6.76. The van der Waals surface area contributed by atoms with Gasteiger partial charge in [0.15, 0.2) is 0 Å². The second kappa shape index (κ2) is 5.37. The maximum absolute atomic E-state index is 4.30. The molecular weight excluding hydrogens is 270 g/mol. The van der Waals surface area contributed by atoms with E-state index in [1.807, 2.05) is 42.6 Å². The Morgan fingerprint density at radius 2 is 1.55 bits per heavy atom. The van der Waals surface area contributed by atoms with Crippen LogP contribution in [0.2, 0.25) is 0 Å². The van der Waals surface area contributed by atoms with E-state index >= 15 is 0 Å². The zero-order chi connectivity index (χ0) is 14.8. The molecule has 3 heteroatoms. The third-order valence-corrected chi connectivity index (χ3v) is 3.71. The molecule has 22 heavy (non-hydrogen) atoms. The summed E-state index contributed by atoms with van der Waals surface area (Å²) >= 11 is 0. The smallest absolute Gasteiger partial charge is 0.0561 e. The summed E-state index contributed by atoms with van der Waals surface area (Å²) in [6, 6.07) is 24.6. The molecule has 1 aromatic heterocycles. The molecule has 2 N–H and O–H groups in total. The summed E-state index contributed by atoms with van der Waals surface area (Å²) in [6.07, 6.45) is 1.84. The van der Waals surface area contributed by atoms with Gasteiger partial charge < -0.3 is 4.98 Å². The monoisotopic (exact) mass is 285 g/mol. The number of anilines is 1. The van der Waals surface area contributed by atoms with Gasteiger partial charge in [0.05, 0.1) is 11.9 Å². The standard InChI is InChI=1S/C19H15N3/c1-2-6-15(7-3-1)22-20-13-14-10-11-19-17(12-14)16-8-4-5-9-18(16)21-19/h1-13,21-22H. The minimum atomic E-state index is 0.979. The van der Waals surface area contributed by atoms with Crippen molar-refractivity contribution in [1.29, 1.82) is 0 Å². The largest absolute Gasteiger partial charge is 0.355 e. The number of hydrazone groups is 1. The van der Waals surface area contributed by atoms with Gasteiger partial charge in [-0.05, 0) is 35.9 Å². The molecule has 0 radical (unpaired) electrons. The quantitative estimate of drug-likeness (QED) is 0.413. The van der Waals surface area contributed by atoms with Crippen LogP contribution in [0.25, 0.3) is 21.8 Å². The highest BCUT2D eigenvalue weighted by molar-refractivity contribution is 6.08. The number of nitrogens with zero attached hydrogens (tertiary/aromatic N) is 1. The van der Waals surface area contributed by atoms with Crippen molar-refractivity contribution < 1.29 is 0 Å². The first-order chi connectivity index (χ1) is 10.9. The minimum Gasteiger partial charge on any atom is -0.355 e. The van der Waals surface area contributed by atoms with Gasteiger partial charge in [-0.2, -0.15) is 5.10 Å². The fraction of sp³-hybridized carbons (Fsp3) is 0. The van der Waals surface area contributed by atoms with E-state index in [2.05, 4.69) is 51.9 Å². The molecule has 0 amide bonds. The zero-order valence-corrected chi connectivity index (χ0v) is 12.0. The van der Waals surface area contributed by atoms with Gasteiger partial charge in [-0.3, -0.25) is 5.43 Å². The Balaban J connectivity index is 1.66. The van der Waals surface area contributed by atoms with Gasteiger partial charge in [0, 0.05) is 21.8 Å². The summed E-state index contributed by atoms with van der Waals surface area (Å²) in [4.78, 5) is 3.43. The van der Waals surface area contributed by atoms with Crippen LogP contribution in [0.3, 0.4) is 0 Å². The predicted molar refractivity (Wildman–Crippen MR) is 93.5 cm³/mol. The van der Waals surface area contributed by atoms with Crippen LogP contribution < -0.4 is 5.43 Å². The number of aromatic nitrogens is 1. The Morgan fingerprint density at radius 1 is 0.773 bits per heavy atom. The van der Waals surface area contributed by atoms with Gasteiger partial charge in [0.1, 0.15) is 0 Å². The lowest BCUT2D eigenvalue weighted by Gasteiger charge is -1.99. The first kappa shape index (κ1) is 12.7. The van der Waals surface area contributed by atoms with Crippen LogP contribution in [-0.2, 0) is 0 Å². The Morgan fingerprint density at radius 3 is 2.45 bits per heavy atom. The van der Waals surface area contributed by atoms with Gasteiger partial charge in [-0.25, -0.2) is 0 Å². The molecule has 0 atom stereocenters. The number of benzene rings is 3. The summed E-state index contributed by atoms with van der Waals surface area (Å²) in [5.74, 6) is 0. The van der Waals surface area contributed by atoms with E-state index in [1.165, 1.54) is 10.8 Å². The zero-order valence-electron chi connectivity index (χ0n) is 12.0. The van der Waals surface area contributed by atoms with Crippen LogP contribution in [0.15, 0.2) is 77.9 Å². The summed E-state index contributed by atoms with van der Waals surface area (Å²) in [7, 11) is 0. The molecule has 3 aromatic carbocycles.